The Balaban J connectivity index is 2.13. The van der Waals surface area contributed by atoms with E-state index in [1.165, 1.54) is 24.3 Å². The predicted octanol–water partition coefficient (Wildman–Crippen LogP) is 3.74. The summed E-state index contributed by atoms with van der Waals surface area (Å²) in [5.41, 5.74) is 0.112. The molecule has 2 aromatic rings. The first kappa shape index (κ1) is 14.9. The summed E-state index contributed by atoms with van der Waals surface area (Å²) in [5, 5.41) is 10.7. The van der Waals surface area contributed by atoms with Crippen LogP contribution in [0.5, 0.6) is 0 Å². The maximum absolute atomic E-state index is 12.9. The van der Waals surface area contributed by atoms with Crippen LogP contribution in [0, 0.1) is 15.9 Å². The minimum absolute atomic E-state index is 0.00310. The third-order valence-corrected chi connectivity index (χ3v) is 3.01. The predicted molar refractivity (Wildman–Crippen MR) is 73.6 cm³/mol. The minimum atomic E-state index is -0.779. The van der Waals surface area contributed by atoms with Crippen molar-refractivity contribution >= 4 is 23.3 Å². The Labute approximate surface area is 124 Å². The molecule has 0 atom stereocenters. The molecule has 0 heterocycles. The Hall–Kier alpha value is -2.47. The summed E-state index contributed by atoms with van der Waals surface area (Å²) >= 11 is 5.74. The molecule has 0 radical (unpaired) electrons. The summed E-state index contributed by atoms with van der Waals surface area (Å²) in [4.78, 5) is 22.1. The molecule has 0 aliphatic heterocycles. The molecule has 0 saturated carbocycles. The number of esters is 1. The van der Waals surface area contributed by atoms with Crippen LogP contribution < -0.4 is 0 Å². The largest absolute Gasteiger partial charge is 0.457 e. The Morgan fingerprint density at radius 3 is 2.67 bits per heavy atom. The lowest BCUT2D eigenvalue weighted by molar-refractivity contribution is -0.385. The van der Waals surface area contributed by atoms with Crippen LogP contribution in [0.15, 0.2) is 42.5 Å². The lowest BCUT2D eigenvalue weighted by Gasteiger charge is -2.07. The quantitative estimate of drug-likeness (QED) is 0.490. The summed E-state index contributed by atoms with van der Waals surface area (Å²) in [5.74, 6) is -1.35. The molecule has 0 saturated heterocycles. The second-order valence-electron chi connectivity index (χ2n) is 4.09. The first-order valence-corrected chi connectivity index (χ1v) is 6.21. The summed E-state index contributed by atoms with van der Waals surface area (Å²) < 4.78 is 17.9. The molecule has 0 N–H and O–H groups in total. The molecule has 0 unspecified atom stereocenters. The smallest absolute Gasteiger partial charge is 0.339 e. The number of hydrogen-bond donors (Lipinski definition) is 0. The Morgan fingerprint density at radius 2 is 2.00 bits per heavy atom. The van der Waals surface area contributed by atoms with Gasteiger partial charge in [0, 0.05) is 6.07 Å². The van der Waals surface area contributed by atoms with E-state index < -0.39 is 16.7 Å². The number of nitro groups is 1. The number of halogens is 2. The van der Waals surface area contributed by atoms with E-state index in [1.807, 2.05) is 0 Å². The average Bonchev–Trinajstić information content (AvgIpc) is 2.45. The topological polar surface area (TPSA) is 69.4 Å². The molecule has 0 aliphatic rings. The zero-order valence-corrected chi connectivity index (χ0v) is 11.3. The zero-order chi connectivity index (χ0) is 15.4. The second kappa shape index (κ2) is 6.32. The number of para-hydroxylation sites is 1. The highest BCUT2D eigenvalue weighted by Crippen LogP contribution is 2.21. The Kier molecular flexibility index (Phi) is 4.49. The van der Waals surface area contributed by atoms with E-state index in [0.29, 0.717) is 0 Å². The second-order valence-corrected chi connectivity index (χ2v) is 4.49. The van der Waals surface area contributed by atoms with Gasteiger partial charge in [-0.1, -0.05) is 23.7 Å². The van der Waals surface area contributed by atoms with Crippen molar-refractivity contribution in [3.63, 3.8) is 0 Å². The number of nitrogens with zero attached hydrogens (tertiary/aromatic N) is 1. The molecule has 21 heavy (non-hydrogen) atoms. The maximum atomic E-state index is 12.9. The molecule has 0 amide bonds. The van der Waals surface area contributed by atoms with E-state index in [9.17, 15) is 19.3 Å². The lowest BCUT2D eigenvalue weighted by atomic mass is 10.2. The summed E-state index contributed by atoms with van der Waals surface area (Å²) in [6.45, 7) is -0.274. The van der Waals surface area contributed by atoms with Crippen molar-refractivity contribution in [1.82, 2.24) is 0 Å². The first-order valence-electron chi connectivity index (χ1n) is 5.83. The average molecular weight is 310 g/mol. The highest BCUT2D eigenvalue weighted by Gasteiger charge is 2.16. The van der Waals surface area contributed by atoms with Crippen molar-refractivity contribution in [2.45, 2.75) is 6.61 Å². The first-order chi connectivity index (χ1) is 9.99. The van der Waals surface area contributed by atoms with Gasteiger partial charge in [0.25, 0.3) is 5.69 Å². The van der Waals surface area contributed by atoms with Gasteiger partial charge in [-0.25, -0.2) is 9.18 Å². The number of nitro benzene ring substituents is 1. The molecule has 2 rings (SSSR count). The SMILES string of the molecule is O=C(OCc1ccccc1[N+](=O)[O-])c1ccc(F)cc1Cl. The standard InChI is InChI=1S/C14H9ClFNO4/c15-12-7-10(16)5-6-11(12)14(18)21-8-9-3-1-2-4-13(9)17(19)20/h1-7H,8H2. The number of rotatable bonds is 4. The normalized spacial score (nSPS) is 10.2. The molecule has 2 aromatic carbocycles. The minimum Gasteiger partial charge on any atom is -0.457 e. The highest BCUT2D eigenvalue weighted by atomic mass is 35.5. The third-order valence-electron chi connectivity index (χ3n) is 2.70. The summed E-state index contributed by atoms with van der Waals surface area (Å²) in [7, 11) is 0. The highest BCUT2D eigenvalue weighted by molar-refractivity contribution is 6.33. The number of benzene rings is 2. The molecule has 0 aliphatic carbocycles. The van der Waals surface area contributed by atoms with Crippen molar-refractivity contribution < 1.29 is 18.8 Å². The third kappa shape index (κ3) is 3.55. The van der Waals surface area contributed by atoms with Gasteiger partial charge in [0.05, 0.1) is 21.1 Å². The van der Waals surface area contributed by atoms with Gasteiger partial charge < -0.3 is 4.74 Å². The van der Waals surface area contributed by atoms with E-state index in [4.69, 9.17) is 16.3 Å². The van der Waals surface area contributed by atoms with E-state index >= 15 is 0 Å². The van der Waals surface area contributed by atoms with Gasteiger partial charge in [0.2, 0.25) is 0 Å². The fourth-order valence-corrected chi connectivity index (χ4v) is 1.93. The van der Waals surface area contributed by atoms with Gasteiger partial charge >= 0.3 is 5.97 Å². The molecule has 7 heteroatoms. The monoisotopic (exact) mass is 309 g/mol. The zero-order valence-electron chi connectivity index (χ0n) is 10.6. The van der Waals surface area contributed by atoms with Gasteiger partial charge in [-0.05, 0) is 24.3 Å². The van der Waals surface area contributed by atoms with Gasteiger partial charge in [0.15, 0.2) is 0 Å². The van der Waals surface area contributed by atoms with Crippen molar-refractivity contribution in [2.75, 3.05) is 0 Å². The number of carbonyl (C=O) groups is 1. The van der Waals surface area contributed by atoms with Crippen molar-refractivity contribution in [3.05, 3.63) is 74.5 Å². The van der Waals surface area contributed by atoms with Crippen LogP contribution in [-0.4, -0.2) is 10.9 Å². The van der Waals surface area contributed by atoms with Crippen molar-refractivity contribution in [2.24, 2.45) is 0 Å². The number of hydrogen-bond acceptors (Lipinski definition) is 4. The van der Waals surface area contributed by atoms with Crippen LogP contribution in [0.2, 0.25) is 5.02 Å². The van der Waals surface area contributed by atoms with Crippen molar-refractivity contribution in [1.29, 1.82) is 0 Å². The van der Waals surface area contributed by atoms with Gasteiger partial charge in [-0.3, -0.25) is 10.1 Å². The van der Waals surface area contributed by atoms with Crippen molar-refractivity contribution in [3.8, 4) is 0 Å². The molecular formula is C14H9ClFNO4. The van der Waals surface area contributed by atoms with Crippen LogP contribution in [0.4, 0.5) is 10.1 Å². The number of carbonyl (C=O) groups excluding carboxylic acids is 1. The molecule has 5 nitrogen and oxygen atoms in total. The number of ether oxygens (including phenoxy) is 1. The van der Waals surface area contributed by atoms with E-state index in [1.54, 1.807) is 6.07 Å². The molecule has 0 aromatic heterocycles. The lowest BCUT2D eigenvalue weighted by Crippen LogP contribution is -2.07. The summed E-state index contributed by atoms with van der Waals surface area (Å²) in [6, 6.07) is 9.17. The van der Waals surface area contributed by atoms with Gasteiger partial charge in [-0.2, -0.15) is 0 Å². The Bertz CT molecular complexity index is 705. The van der Waals surface area contributed by atoms with Crippen LogP contribution in [-0.2, 0) is 11.3 Å². The molecule has 0 bridgehead atoms. The molecule has 0 spiro atoms. The molecule has 0 fully saturated rings. The molecule has 108 valence electrons. The van der Waals surface area contributed by atoms with Crippen LogP contribution in [0.25, 0.3) is 0 Å². The van der Waals surface area contributed by atoms with Gasteiger partial charge in [0.1, 0.15) is 12.4 Å². The Morgan fingerprint density at radius 1 is 1.29 bits per heavy atom. The van der Waals surface area contributed by atoms with Crippen LogP contribution in [0.1, 0.15) is 15.9 Å². The van der Waals surface area contributed by atoms with Gasteiger partial charge in [-0.15, -0.1) is 0 Å². The van der Waals surface area contributed by atoms with E-state index in [2.05, 4.69) is 0 Å². The molecular weight excluding hydrogens is 301 g/mol. The maximum Gasteiger partial charge on any atom is 0.339 e. The van der Waals surface area contributed by atoms with E-state index in [-0.39, 0.29) is 28.4 Å². The van der Waals surface area contributed by atoms with Crippen LogP contribution in [0.3, 0.4) is 0 Å². The van der Waals surface area contributed by atoms with E-state index in [0.717, 1.165) is 12.1 Å². The fraction of sp³-hybridized carbons (Fsp3) is 0.0714. The fourth-order valence-electron chi connectivity index (χ4n) is 1.69. The van der Waals surface area contributed by atoms with Crippen LogP contribution >= 0.6 is 11.6 Å². The summed E-state index contributed by atoms with van der Waals surface area (Å²) in [6.07, 6.45) is 0.